The Hall–Kier alpha value is -3.66. The van der Waals surface area contributed by atoms with Crippen molar-refractivity contribution in [1.29, 1.82) is 0 Å². The second-order valence-corrected chi connectivity index (χ2v) is 9.61. The number of anilines is 1. The van der Waals surface area contributed by atoms with Gasteiger partial charge in [0.2, 0.25) is 5.95 Å². The van der Waals surface area contributed by atoms with Crippen molar-refractivity contribution in [3.63, 3.8) is 0 Å². The molecule has 2 fully saturated rings. The van der Waals surface area contributed by atoms with Crippen molar-refractivity contribution in [3.8, 4) is 11.5 Å². The Kier molecular flexibility index (Phi) is 6.18. The standard InChI is InChI=1S/C26H29N5O5/c32-31(33)20-7-5-6-18(14-20)15-29(19-11-12-19)26-28-27-25(30(26)16-21-8-3-4-13-34-21)24-17-35-22-9-1-2-10-23(22)36-24/h1-2,5-7,9-10,14,19,21,24H,3-4,8,11-13,15-17H2. The highest BCUT2D eigenvalue weighted by molar-refractivity contribution is 5.43. The summed E-state index contributed by atoms with van der Waals surface area (Å²) >= 11 is 0. The van der Waals surface area contributed by atoms with E-state index < -0.39 is 6.10 Å². The highest BCUT2D eigenvalue weighted by atomic mass is 16.6. The van der Waals surface area contributed by atoms with Crippen molar-refractivity contribution in [3.05, 3.63) is 70.0 Å². The third-order valence-corrected chi connectivity index (χ3v) is 6.94. The average molecular weight is 492 g/mol. The summed E-state index contributed by atoms with van der Waals surface area (Å²) in [5.41, 5.74) is 0.958. The second kappa shape index (κ2) is 9.77. The molecule has 2 atom stereocenters. The van der Waals surface area contributed by atoms with Gasteiger partial charge in [-0.2, -0.15) is 0 Å². The van der Waals surface area contributed by atoms with E-state index in [1.807, 2.05) is 30.3 Å². The molecule has 0 spiro atoms. The van der Waals surface area contributed by atoms with E-state index in [9.17, 15) is 10.1 Å². The average Bonchev–Trinajstić information content (AvgIpc) is 3.68. The van der Waals surface area contributed by atoms with Crippen LogP contribution < -0.4 is 14.4 Å². The monoisotopic (exact) mass is 491 g/mol. The minimum atomic E-state index is -0.399. The fourth-order valence-electron chi connectivity index (χ4n) is 4.95. The van der Waals surface area contributed by atoms with Crippen LogP contribution in [-0.4, -0.2) is 45.0 Å². The van der Waals surface area contributed by atoms with Gasteiger partial charge in [-0.1, -0.05) is 24.3 Å². The molecule has 0 amide bonds. The summed E-state index contributed by atoms with van der Waals surface area (Å²) in [7, 11) is 0. The van der Waals surface area contributed by atoms with Crippen LogP contribution in [-0.2, 0) is 17.8 Å². The number of ether oxygens (including phenoxy) is 3. The van der Waals surface area contributed by atoms with Crippen molar-refractivity contribution in [1.82, 2.24) is 14.8 Å². The molecule has 2 unspecified atom stereocenters. The fourth-order valence-corrected chi connectivity index (χ4v) is 4.95. The number of aromatic nitrogens is 3. The molecule has 2 aromatic carbocycles. The third-order valence-electron chi connectivity index (χ3n) is 6.94. The summed E-state index contributed by atoms with van der Waals surface area (Å²) in [5, 5.41) is 20.6. The molecule has 3 aromatic rings. The minimum Gasteiger partial charge on any atom is -0.485 e. The van der Waals surface area contributed by atoms with Crippen LogP contribution >= 0.6 is 0 Å². The molecule has 0 bridgehead atoms. The number of para-hydroxylation sites is 2. The quantitative estimate of drug-likeness (QED) is 0.337. The molecule has 1 saturated heterocycles. The number of rotatable bonds is 8. The van der Waals surface area contributed by atoms with Crippen molar-refractivity contribution in [2.45, 2.75) is 63.4 Å². The smallest absolute Gasteiger partial charge is 0.269 e. The molecule has 0 N–H and O–H groups in total. The number of hydrogen-bond donors (Lipinski definition) is 0. The maximum Gasteiger partial charge on any atom is 0.269 e. The van der Waals surface area contributed by atoms with Gasteiger partial charge in [0.05, 0.1) is 17.6 Å². The lowest BCUT2D eigenvalue weighted by Crippen LogP contribution is -2.33. The molecule has 188 valence electrons. The number of nitrogens with zero attached hydrogens (tertiary/aromatic N) is 5. The number of nitro benzene ring substituents is 1. The van der Waals surface area contributed by atoms with Crippen LogP contribution in [0.1, 0.15) is 49.6 Å². The molecule has 3 heterocycles. The van der Waals surface area contributed by atoms with Gasteiger partial charge in [0.15, 0.2) is 23.4 Å². The van der Waals surface area contributed by atoms with E-state index in [0.29, 0.717) is 37.3 Å². The van der Waals surface area contributed by atoms with Crippen molar-refractivity contribution >= 4 is 11.6 Å². The van der Waals surface area contributed by atoms with Gasteiger partial charge in [0, 0.05) is 31.3 Å². The van der Waals surface area contributed by atoms with Crippen LogP contribution in [0.4, 0.5) is 11.6 Å². The van der Waals surface area contributed by atoms with Crippen LogP contribution in [0.15, 0.2) is 48.5 Å². The van der Waals surface area contributed by atoms with Crippen LogP contribution in [0, 0.1) is 10.1 Å². The molecular formula is C26H29N5O5. The van der Waals surface area contributed by atoms with Crippen LogP contribution in [0.3, 0.4) is 0 Å². The van der Waals surface area contributed by atoms with Gasteiger partial charge in [-0.25, -0.2) is 0 Å². The van der Waals surface area contributed by atoms with E-state index in [0.717, 1.165) is 56.0 Å². The van der Waals surface area contributed by atoms with Crippen LogP contribution in [0.25, 0.3) is 0 Å². The Labute approximate surface area is 208 Å². The number of nitro groups is 1. The first-order chi connectivity index (χ1) is 17.7. The van der Waals surface area contributed by atoms with Crippen molar-refractivity contribution < 1.29 is 19.1 Å². The number of fused-ring (bicyclic) bond motifs is 1. The van der Waals surface area contributed by atoms with E-state index in [4.69, 9.17) is 14.2 Å². The summed E-state index contributed by atoms with van der Waals surface area (Å²) < 4.78 is 20.5. The lowest BCUT2D eigenvalue weighted by molar-refractivity contribution is -0.384. The maximum atomic E-state index is 11.3. The van der Waals surface area contributed by atoms with E-state index in [1.165, 1.54) is 6.07 Å². The summed E-state index contributed by atoms with van der Waals surface area (Å²) in [6.07, 6.45) is 4.97. The molecule has 1 saturated carbocycles. The SMILES string of the molecule is O=[N+]([O-])c1cccc(CN(c2nnc(C3COc4ccccc4O3)n2CC2CCCCO2)C2CC2)c1. The molecule has 1 aromatic heterocycles. The Morgan fingerprint density at radius 3 is 2.69 bits per heavy atom. The zero-order chi connectivity index (χ0) is 24.5. The minimum absolute atomic E-state index is 0.0721. The predicted molar refractivity (Wildman–Crippen MR) is 131 cm³/mol. The number of hydrogen-bond acceptors (Lipinski definition) is 8. The first-order valence-corrected chi connectivity index (χ1v) is 12.6. The molecule has 2 aliphatic heterocycles. The van der Waals surface area contributed by atoms with E-state index in [-0.39, 0.29) is 16.7 Å². The largest absolute Gasteiger partial charge is 0.485 e. The van der Waals surface area contributed by atoms with Crippen molar-refractivity contribution in [2.75, 3.05) is 18.1 Å². The molecule has 36 heavy (non-hydrogen) atoms. The third kappa shape index (κ3) is 4.73. The lowest BCUT2D eigenvalue weighted by atomic mass is 10.1. The van der Waals surface area contributed by atoms with Gasteiger partial charge >= 0.3 is 0 Å². The van der Waals surface area contributed by atoms with E-state index in [2.05, 4.69) is 19.7 Å². The summed E-state index contributed by atoms with van der Waals surface area (Å²) in [6, 6.07) is 14.8. The van der Waals surface area contributed by atoms with Gasteiger partial charge in [-0.15, -0.1) is 10.2 Å². The van der Waals surface area contributed by atoms with Gasteiger partial charge in [0.25, 0.3) is 5.69 Å². The van der Waals surface area contributed by atoms with Gasteiger partial charge in [0.1, 0.15) is 6.61 Å². The van der Waals surface area contributed by atoms with Crippen LogP contribution in [0.5, 0.6) is 11.5 Å². The van der Waals surface area contributed by atoms with Crippen LogP contribution in [0.2, 0.25) is 0 Å². The second-order valence-electron chi connectivity index (χ2n) is 9.61. The number of non-ortho nitro benzene ring substituents is 1. The van der Waals surface area contributed by atoms with Gasteiger partial charge < -0.3 is 19.1 Å². The summed E-state index contributed by atoms with van der Waals surface area (Å²) in [6.45, 7) is 2.24. The Morgan fingerprint density at radius 2 is 1.92 bits per heavy atom. The highest BCUT2D eigenvalue weighted by Crippen LogP contribution is 2.38. The molecule has 10 nitrogen and oxygen atoms in total. The first-order valence-electron chi connectivity index (χ1n) is 12.6. The van der Waals surface area contributed by atoms with E-state index in [1.54, 1.807) is 12.1 Å². The molecule has 6 rings (SSSR count). The lowest BCUT2D eigenvalue weighted by Gasteiger charge is -2.30. The van der Waals surface area contributed by atoms with Crippen molar-refractivity contribution in [2.24, 2.45) is 0 Å². The normalized spacial score (nSPS) is 21.2. The Morgan fingerprint density at radius 1 is 1.06 bits per heavy atom. The molecular weight excluding hydrogens is 462 g/mol. The molecule has 10 heteroatoms. The Balaban J connectivity index is 1.33. The zero-order valence-corrected chi connectivity index (χ0v) is 20.0. The maximum absolute atomic E-state index is 11.3. The highest BCUT2D eigenvalue weighted by Gasteiger charge is 2.36. The molecule has 1 aliphatic carbocycles. The summed E-state index contributed by atoms with van der Waals surface area (Å²) in [5.74, 6) is 2.87. The molecule has 0 radical (unpaired) electrons. The van der Waals surface area contributed by atoms with Gasteiger partial charge in [-0.05, 0) is 49.8 Å². The predicted octanol–water partition coefficient (Wildman–Crippen LogP) is 4.44. The van der Waals surface area contributed by atoms with E-state index >= 15 is 0 Å². The number of benzene rings is 2. The topological polar surface area (TPSA) is 105 Å². The fraction of sp³-hybridized carbons (Fsp3) is 0.462. The zero-order valence-electron chi connectivity index (χ0n) is 20.0. The van der Waals surface area contributed by atoms with Gasteiger partial charge in [-0.3, -0.25) is 14.7 Å². The first kappa shape index (κ1) is 22.8. The summed E-state index contributed by atoms with van der Waals surface area (Å²) in [4.78, 5) is 13.2. The Bertz CT molecular complexity index is 1240. The molecule has 3 aliphatic rings.